The summed E-state index contributed by atoms with van der Waals surface area (Å²) < 4.78 is 28.8. The zero-order valence-corrected chi connectivity index (χ0v) is 13.5. The van der Waals surface area contributed by atoms with Gasteiger partial charge < -0.3 is 4.57 Å². The molecule has 0 saturated heterocycles. The summed E-state index contributed by atoms with van der Waals surface area (Å²) in [6.07, 6.45) is 1.32. The summed E-state index contributed by atoms with van der Waals surface area (Å²) in [5.74, 6) is 0. The van der Waals surface area contributed by atoms with E-state index in [1.807, 2.05) is 0 Å². The van der Waals surface area contributed by atoms with Crippen molar-refractivity contribution in [3.63, 3.8) is 0 Å². The lowest BCUT2D eigenvalue weighted by molar-refractivity contribution is 0.598. The summed E-state index contributed by atoms with van der Waals surface area (Å²) in [5.41, 5.74) is 0.248. The number of hydrogen-bond donors (Lipinski definition) is 1. The summed E-state index contributed by atoms with van der Waals surface area (Å²) >= 11 is 15.0. The highest BCUT2D eigenvalue weighted by molar-refractivity contribution is 9.10. The van der Waals surface area contributed by atoms with Gasteiger partial charge in [0, 0.05) is 11.5 Å². The molecule has 19 heavy (non-hydrogen) atoms. The summed E-state index contributed by atoms with van der Waals surface area (Å²) in [6, 6.07) is 4.83. The number of imidazole rings is 1. The number of sulfonamides is 1. The Morgan fingerprint density at radius 1 is 1.37 bits per heavy atom. The highest BCUT2D eigenvalue weighted by atomic mass is 79.9. The van der Waals surface area contributed by atoms with Gasteiger partial charge in [-0.15, -0.1) is 0 Å². The number of hydrogen-bond acceptors (Lipinski definition) is 3. The number of benzene rings is 1. The lowest BCUT2D eigenvalue weighted by Gasteiger charge is -2.08. The predicted molar refractivity (Wildman–Crippen MR) is 78.2 cm³/mol. The molecule has 1 heterocycles. The molecule has 0 amide bonds. The molecule has 0 aliphatic heterocycles. The Morgan fingerprint density at radius 2 is 2.05 bits per heavy atom. The molecule has 1 aromatic heterocycles. The van der Waals surface area contributed by atoms with Crippen molar-refractivity contribution in [1.29, 1.82) is 0 Å². The van der Waals surface area contributed by atoms with Crippen molar-refractivity contribution in [3.05, 3.63) is 39.2 Å². The largest absolute Gasteiger partial charge is 0.324 e. The second-order valence-electron chi connectivity index (χ2n) is 3.68. The molecule has 0 spiro atoms. The second kappa shape index (κ2) is 5.32. The first-order valence-corrected chi connectivity index (χ1v) is 7.99. The van der Waals surface area contributed by atoms with Gasteiger partial charge in [-0.25, -0.2) is 4.98 Å². The van der Waals surface area contributed by atoms with E-state index in [4.69, 9.17) is 23.2 Å². The lowest BCUT2D eigenvalue weighted by Crippen LogP contribution is -2.14. The molecule has 0 fully saturated rings. The third kappa shape index (κ3) is 3.05. The number of halogens is 3. The molecular formula is C10H8BrCl2N3O2S. The third-order valence-corrected chi connectivity index (χ3v) is 4.94. The van der Waals surface area contributed by atoms with E-state index in [-0.39, 0.29) is 20.9 Å². The van der Waals surface area contributed by atoms with E-state index >= 15 is 0 Å². The number of aryl methyl sites for hydroxylation is 1. The molecule has 0 atom stereocenters. The van der Waals surface area contributed by atoms with Crippen LogP contribution in [0.15, 0.2) is 34.0 Å². The van der Waals surface area contributed by atoms with E-state index < -0.39 is 10.0 Å². The van der Waals surface area contributed by atoms with Crippen LogP contribution < -0.4 is 4.72 Å². The number of nitrogens with one attached hydrogen (secondary N) is 1. The van der Waals surface area contributed by atoms with Gasteiger partial charge in [-0.2, -0.15) is 8.42 Å². The molecule has 0 aliphatic rings. The van der Waals surface area contributed by atoms with Gasteiger partial charge in [0.15, 0.2) is 0 Å². The zero-order valence-electron chi connectivity index (χ0n) is 9.56. The molecule has 0 bridgehead atoms. The van der Waals surface area contributed by atoms with E-state index in [0.717, 1.165) is 0 Å². The summed E-state index contributed by atoms with van der Waals surface area (Å²) in [5, 5.41) is 0.0603. The maximum absolute atomic E-state index is 12.2. The molecule has 2 aromatic rings. The minimum atomic E-state index is -3.88. The maximum Gasteiger partial charge on any atom is 0.282 e. The summed E-state index contributed by atoms with van der Waals surface area (Å²) in [6.45, 7) is 0. The van der Waals surface area contributed by atoms with Crippen molar-refractivity contribution in [2.75, 3.05) is 4.72 Å². The first kappa shape index (κ1) is 14.6. The van der Waals surface area contributed by atoms with E-state index in [9.17, 15) is 8.42 Å². The minimum Gasteiger partial charge on any atom is -0.324 e. The maximum atomic E-state index is 12.2. The van der Waals surface area contributed by atoms with E-state index in [1.54, 1.807) is 25.2 Å². The Labute approximate surface area is 128 Å². The van der Waals surface area contributed by atoms with Crippen LogP contribution >= 0.6 is 39.1 Å². The fraction of sp³-hybridized carbons (Fsp3) is 0.100. The van der Waals surface area contributed by atoms with Gasteiger partial charge in [-0.3, -0.25) is 4.72 Å². The van der Waals surface area contributed by atoms with Crippen LogP contribution in [0.25, 0.3) is 0 Å². The monoisotopic (exact) mass is 383 g/mol. The molecule has 0 radical (unpaired) electrons. The standard InChI is InChI=1S/C10H8BrCl2N3O2S/c1-16-5-14-10(9(16)13)19(17,18)15-8-4-6(11)2-3-7(8)12/h2-5,15H,1H3. The van der Waals surface area contributed by atoms with Crippen LogP contribution in [0.1, 0.15) is 0 Å². The van der Waals surface area contributed by atoms with Crippen LogP contribution in [0.2, 0.25) is 10.2 Å². The SMILES string of the molecule is Cn1cnc(S(=O)(=O)Nc2cc(Br)ccc2Cl)c1Cl. The van der Waals surface area contributed by atoms with Gasteiger partial charge in [0.1, 0.15) is 5.15 Å². The molecule has 2 rings (SSSR count). The fourth-order valence-electron chi connectivity index (χ4n) is 1.34. The van der Waals surface area contributed by atoms with Crippen LogP contribution in [0.3, 0.4) is 0 Å². The topological polar surface area (TPSA) is 64.0 Å². The normalized spacial score (nSPS) is 11.6. The quantitative estimate of drug-likeness (QED) is 0.882. The Bertz CT molecular complexity index is 730. The molecule has 1 N–H and O–H groups in total. The van der Waals surface area contributed by atoms with Gasteiger partial charge in [-0.1, -0.05) is 39.1 Å². The average Bonchev–Trinajstić information content (AvgIpc) is 2.65. The number of aromatic nitrogens is 2. The smallest absolute Gasteiger partial charge is 0.282 e. The lowest BCUT2D eigenvalue weighted by atomic mass is 10.3. The van der Waals surface area contributed by atoms with Crippen molar-refractivity contribution < 1.29 is 8.42 Å². The van der Waals surface area contributed by atoms with Crippen LogP contribution in [0.5, 0.6) is 0 Å². The first-order valence-electron chi connectivity index (χ1n) is 4.96. The second-order valence-corrected chi connectivity index (χ2v) is 6.96. The van der Waals surface area contributed by atoms with Crippen LogP contribution in [-0.4, -0.2) is 18.0 Å². The molecule has 9 heteroatoms. The first-order chi connectivity index (χ1) is 8.81. The zero-order chi connectivity index (χ0) is 14.2. The third-order valence-electron chi connectivity index (χ3n) is 2.26. The van der Waals surface area contributed by atoms with Crippen molar-refractivity contribution in [2.45, 2.75) is 5.03 Å². The molecule has 5 nitrogen and oxygen atoms in total. The van der Waals surface area contributed by atoms with Gasteiger partial charge in [-0.05, 0) is 18.2 Å². The average molecular weight is 385 g/mol. The van der Waals surface area contributed by atoms with Crippen molar-refractivity contribution >= 4 is 54.8 Å². The number of rotatable bonds is 3. The highest BCUT2D eigenvalue weighted by Crippen LogP contribution is 2.29. The Hall–Kier alpha value is -0.760. The molecule has 1 aromatic carbocycles. The fourth-order valence-corrected chi connectivity index (χ4v) is 3.43. The van der Waals surface area contributed by atoms with Gasteiger partial charge in [0.25, 0.3) is 10.0 Å². The van der Waals surface area contributed by atoms with Gasteiger partial charge in [0.05, 0.1) is 17.0 Å². The Morgan fingerprint density at radius 3 is 2.63 bits per heavy atom. The Kier molecular flexibility index (Phi) is 4.10. The summed E-state index contributed by atoms with van der Waals surface area (Å²) in [4.78, 5) is 3.76. The highest BCUT2D eigenvalue weighted by Gasteiger charge is 2.23. The van der Waals surface area contributed by atoms with Crippen molar-refractivity contribution in [2.24, 2.45) is 7.05 Å². The molecule has 0 saturated carbocycles. The van der Waals surface area contributed by atoms with E-state index in [2.05, 4.69) is 25.6 Å². The Balaban J connectivity index is 2.42. The van der Waals surface area contributed by atoms with Crippen molar-refractivity contribution in [3.8, 4) is 0 Å². The number of anilines is 1. The molecular weight excluding hydrogens is 377 g/mol. The van der Waals surface area contributed by atoms with Crippen molar-refractivity contribution in [1.82, 2.24) is 9.55 Å². The molecule has 0 unspecified atom stereocenters. The van der Waals surface area contributed by atoms with Crippen LogP contribution in [0.4, 0.5) is 5.69 Å². The minimum absolute atomic E-state index is 0.0265. The predicted octanol–water partition coefficient (Wildman–Crippen LogP) is 3.29. The van der Waals surface area contributed by atoms with Gasteiger partial charge >= 0.3 is 0 Å². The van der Waals surface area contributed by atoms with E-state index in [0.29, 0.717) is 4.47 Å². The van der Waals surface area contributed by atoms with Crippen LogP contribution in [-0.2, 0) is 17.1 Å². The van der Waals surface area contributed by atoms with Gasteiger partial charge in [0.2, 0.25) is 5.03 Å². The number of nitrogens with zero attached hydrogens (tertiary/aromatic N) is 2. The molecule has 0 aliphatic carbocycles. The summed E-state index contributed by atoms with van der Waals surface area (Å²) in [7, 11) is -2.28. The molecule has 102 valence electrons. The van der Waals surface area contributed by atoms with E-state index in [1.165, 1.54) is 10.9 Å². The van der Waals surface area contributed by atoms with Crippen LogP contribution in [0, 0.1) is 0 Å².